The van der Waals surface area contributed by atoms with Gasteiger partial charge < -0.3 is 23.9 Å². The highest BCUT2D eigenvalue weighted by Crippen LogP contribution is 2.35. The van der Waals surface area contributed by atoms with Crippen LogP contribution in [-0.4, -0.2) is 43.9 Å². The lowest BCUT2D eigenvalue weighted by atomic mass is 10.1. The molecule has 0 fully saturated rings. The quantitative estimate of drug-likeness (QED) is 0.427. The maximum Gasteiger partial charge on any atom is 0.235 e. The van der Waals surface area contributed by atoms with Crippen molar-refractivity contribution in [2.75, 3.05) is 34.3 Å². The van der Waals surface area contributed by atoms with Gasteiger partial charge in [-0.2, -0.15) is 0 Å². The Morgan fingerprint density at radius 3 is 2.50 bits per heavy atom. The van der Waals surface area contributed by atoms with E-state index >= 15 is 0 Å². The molecule has 0 radical (unpaired) electrons. The Hall–Kier alpha value is -2.99. The first-order valence-electron chi connectivity index (χ1n) is 10.3. The van der Waals surface area contributed by atoms with Crippen molar-refractivity contribution in [2.45, 2.75) is 25.7 Å². The number of hydrogen-bond acceptors (Lipinski definition) is 5. The maximum atomic E-state index is 13.0. The van der Waals surface area contributed by atoms with Crippen LogP contribution < -0.4 is 15.3 Å². The number of hydrogen-bond donors (Lipinski definition) is 1. The van der Waals surface area contributed by atoms with E-state index in [1.54, 1.807) is 24.3 Å². The summed E-state index contributed by atoms with van der Waals surface area (Å²) >= 11 is 0. The van der Waals surface area contributed by atoms with E-state index in [0.717, 1.165) is 36.7 Å². The van der Waals surface area contributed by atoms with Crippen LogP contribution in [0.5, 0.6) is 17.2 Å². The fourth-order valence-electron chi connectivity index (χ4n) is 3.32. The van der Waals surface area contributed by atoms with Gasteiger partial charge >= 0.3 is 0 Å². The second-order valence-electron chi connectivity index (χ2n) is 8.54. The Bertz CT molecular complexity index is 1070. The van der Waals surface area contributed by atoms with Gasteiger partial charge in [-0.25, -0.2) is 0 Å². The highest BCUT2D eigenvalue weighted by molar-refractivity contribution is 5.82. The van der Waals surface area contributed by atoms with Gasteiger partial charge in [0.25, 0.3) is 0 Å². The molecule has 6 heteroatoms. The number of rotatable bonds is 9. The third-order valence-corrected chi connectivity index (χ3v) is 4.95. The second kappa shape index (κ2) is 9.22. The van der Waals surface area contributed by atoms with Crippen molar-refractivity contribution in [2.24, 2.45) is 0 Å². The van der Waals surface area contributed by atoms with Gasteiger partial charge in [-0.1, -0.05) is 30.0 Å². The first-order chi connectivity index (χ1) is 14.3. The van der Waals surface area contributed by atoms with Crippen molar-refractivity contribution in [1.82, 2.24) is 0 Å². The summed E-state index contributed by atoms with van der Waals surface area (Å²) in [5.41, 5.74) is 0.589. The molecular weight excluding hydrogens is 382 g/mol. The summed E-state index contributed by atoms with van der Waals surface area (Å²) in [6, 6.07) is 11.0. The van der Waals surface area contributed by atoms with Crippen molar-refractivity contribution >= 4 is 11.0 Å². The summed E-state index contributed by atoms with van der Waals surface area (Å²) in [6.07, 6.45) is 4.10. The zero-order valence-electron chi connectivity index (χ0n) is 17.8. The molecular formula is C24H29NO5. The van der Waals surface area contributed by atoms with Crippen molar-refractivity contribution in [3.05, 3.63) is 52.7 Å². The summed E-state index contributed by atoms with van der Waals surface area (Å²) < 4.78 is 12.8. The number of nitrogens with zero attached hydrogens (tertiary/aromatic N) is 1. The number of aromatic hydroxyl groups is 1. The molecule has 0 saturated carbocycles. The molecule has 6 nitrogen and oxygen atoms in total. The van der Waals surface area contributed by atoms with Crippen LogP contribution in [0.1, 0.15) is 25.7 Å². The number of phenols is 1. The van der Waals surface area contributed by atoms with Gasteiger partial charge in [0.1, 0.15) is 11.3 Å². The van der Waals surface area contributed by atoms with Gasteiger partial charge in [-0.05, 0) is 43.9 Å². The lowest BCUT2D eigenvalue weighted by molar-refractivity contribution is -0.870. The Labute approximate surface area is 176 Å². The molecule has 0 atom stereocenters. The Kier molecular flexibility index (Phi) is 6.67. The molecule has 3 aromatic rings. The monoisotopic (exact) mass is 411 g/mol. The van der Waals surface area contributed by atoms with Crippen LogP contribution in [-0.2, 0) is 0 Å². The van der Waals surface area contributed by atoms with E-state index in [0.29, 0.717) is 23.1 Å². The van der Waals surface area contributed by atoms with E-state index in [1.165, 1.54) is 18.2 Å². The minimum Gasteiger partial charge on any atom is -0.870 e. The Balaban J connectivity index is 1.79. The zero-order valence-corrected chi connectivity index (χ0v) is 17.8. The fraction of sp³-hybridized carbons (Fsp3) is 0.375. The topological polar surface area (TPSA) is 82.7 Å². The van der Waals surface area contributed by atoms with Crippen molar-refractivity contribution < 1.29 is 23.9 Å². The van der Waals surface area contributed by atoms with Crippen LogP contribution in [0.15, 0.2) is 51.7 Å². The molecule has 1 aromatic heterocycles. The van der Waals surface area contributed by atoms with E-state index in [9.17, 15) is 15.0 Å². The number of phenolic OH excluding ortho intramolecular Hbond substituents is 1. The molecule has 30 heavy (non-hydrogen) atoms. The smallest absolute Gasteiger partial charge is 0.235 e. The van der Waals surface area contributed by atoms with Crippen LogP contribution in [0.25, 0.3) is 22.3 Å². The summed E-state index contributed by atoms with van der Waals surface area (Å²) in [4.78, 5) is 13.0. The molecule has 0 amide bonds. The van der Waals surface area contributed by atoms with E-state index in [-0.39, 0.29) is 16.9 Å². The first kappa shape index (κ1) is 21.7. The summed E-state index contributed by atoms with van der Waals surface area (Å²) in [6.45, 7) is 1.52. The molecule has 0 bridgehead atoms. The van der Waals surface area contributed by atoms with Crippen molar-refractivity contribution in [3.63, 3.8) is 0 Å². The van der Waals surface area contributed by atoms with Gasteiger partial charge in [-0.15, -0.1) is 0 Å². The number of ether oxygens (including phenoxy) is 1. The minimum atomic E-state index is -0.488. The minimum absolute atomic E-state index is 0.109. The Morgan fingerprint density at radius 2 is 1.77 bits per heavy atom. The molecule has 0 aliphatic heterocycles. The SMILES string of the molecule is C[N+](C)(C)CCCCCCOc1c(-c2ccc([O-])c(O)c2)oc2ccccc2c1=O. The molecule has 0 unspecified atom stereocenters. The average Bonchev–Trinajstić information content (AvgIpc) is 2.70. The van der Waals surface area contributed by atoms with Gasteiger partial charge in [0, 0.05) is 5.56 Å². The van der Waals surface area contributed by atoms with Crippen LogP contribution >= 0.6 is 0 Å². The van der Waals surface area contributed by atoms with Crippen molar-refractivity contribution in [3.8, 4) is 28.6 Å². The number of benzene rings is 2. The highest BCUT2D eigenvalue weighted by atomic mass is 16.5. The van der Waals surface area contributed by atoms with Gasteiger partial charge in [0.05, 0.1) is 39.7 Å². The summed E-state index contributed by atoms with van der Waals surface area (Å²) in [7, 11) is 6.54. The lowest BCUT2D eigenvalue weighted by Gasteiger charge is -2.23. The molecule has 0 aliphatic rings. The van der Waals surface area contributed by atoms with Gasteiger partial charge in [0.2, 0.25) is 11.2 Å². The molecule has 0 spiro atoms. The first-order valence-corrected chi connectivity index (χ1v) is 10.3. The van der Waals surface area contributed by atoms with Crippen LogP contribution in [0.2, 0.25) is 0 Å². The summed E-state index contributed by atoms with van der Waals surface area (Å²) in [5, 5.41) is 21.8. The van der Waals surface area contributed by atoms with Crippen molar-refractivity contribution in [1.29, 1.82) is 0 Å². The molecule has 0 aliphatic carbocycles. The third-order valence-electron chi connectivity index (χ3n) is 4.95. The van der Waals surface area contributed by atoms with E-state index in [4.69, 9.17) is 9.15 Å². The lowest BCUT2D eigenvalue weighted by Crippen LogP contribution is -2.35. The number of unbranched alkanes of at least 4 members (excludes halogenated alkanes) is 3. The van der Waals surface area contributed by atoms with E-state index in [1.807, 2.05) is 0 Å². The molecule has 160 valence electrons. The predicted molar refractivity (Wildman–Crippen MR) is 116 cm³/mol. The molecule has 2 aromatic carbocycles. The molecule has 0 saturated heterocycles. The fourth-order valence-corrected chi connectivity index (χ4v) is 3.32. The standard InChI is InChI=1S/C24H29NO5/c1-25(2,3)14-8-4-5-9-15-29-24-22(28)18-10-6-7-11-21(18)30-23(24)17-12-13-19(26)20(27)16-17/h6-7,10-13,16H,4-5,8-9,14-15H2,1-3H3,(H-,26,27,28). The average molecular weight is 411 g/mol. The summed E-state index contributed by atoms with van der Waals surface area (Å²) in [5.74, 6) is -0.554. The third kappa shape index (κ3) is 5.33. The van der Waals surface area contributed by atoms with E-state index in [2.05, 4.69) is 21.1 Å². The molecule has 1 heterocycles. The Morgan fingerprint density at radius 1 is 1.03 bits per heavy atom. The molecule has 1 N–H and O–H groups in total. The largest absolute Gasteiger partial charge is 0.870 e. The predicted octanol–water partition coefficient (Wildman–Crippen LogP) is 3.88. The van der Waals surface area contributed by atoms with Crippen LogP contribution in [0.4, 0.5) is 0 Å². The maximum absolute atomic E-state index is 13.0. The number of para-hydroxylation sites is 1. The van der Waals surface area contributed by atoms with Gasteiger partial charge in [0.15, 0.2) is 5.76 Å². The number of fused-ring (bicyclic) bond motifs is 1. The normalized spacial score (nSPS) is 11.7. The highest BCUT2D eigenvalue weighted by Gasteiger charge is 2.18. The second-order valence-corrected chi connectivity index (χ2v) is 8.54. The van der Waals surface area contributed by atoms with Crippen LogP contribution in [0, 0.1) is 0 Å². The van der Waals surface area contributed by atoms with Gasteiger partial charge in [-0.3, -0.25) is 4.79 Å². The zero-order chi connectivity index (χ0) is 21.7. The molecule has 3 rings (SSSR count). The number of quaternary nitrogens is 1. The van der Waals surface area contributed by atoms with Crippen LogP contribution in [0.3, 0.4) is 0 Å². The van der Waals surface area contributed by atoms with E-state index < -0.39 is 11.5 Å².